The van der Waals surface area contributed by atoms with Crippen LogP contribution in [0.1, 0.15) is 47.4 Å². The van der Waals surface area contributed by atoms with Crippen LogP contribution in [0.2, 0.25) is 0 Å². The van der Waals surface area contributed by atoms with Crippen LogP contribution in [0.4, 0.5) is 0 Å². The molecule has 2 rings (SSSR count). The van der Waals surface area contributed by atoms with Crippen molar-refractivity contribution in [2.45, 2.75) is 32.8 Å². The molecule has 0 spiro atoms. The third-order valence-electron chi connectivity index (χ3n) is 2.66. The molecule has 17 heavy (non-hydrogen) atoms. The highest BCUT2D eigenvalue weighted by atomic mass is 16.6. The number of carbonyl (C=O) groups is 2. The first-order valence-corrected chi connectivity index (χ1v) is 5.69. The van der Waals surface area contributed by atoms with Crippen LogP contribution < -0.4 is 4.74 Å². The van der Waals surface area contributed by atoms with Gasteiger partial charge in [0.15, 0.2) is 0 Å². The molecule has 0 aliphatic carbocycles. The van der Waals surface area contributed by atoms with E-state index >= 15 is 0 Å². The Morgan fingerprint density at radius 1 is 1.29 bits per heavy atom. The summed E-state index contributed by atoms with van der Waals surface area (Å²) in [6.45, 7) is 4.00. The first-order chi connectivity index (χ1) is 8.13. The number of esters is 2. The van der Waals surface area contributed by atoms with Gasteiger partial charge in [-0.2, -0.15) is 0 Å². The summed E-state index contributed by atoms with van der Waals surface area (Å²) < 4.78 is 10.2. The van der Waals surface area contributed by atoms with Gasteiger partial charge in [0.05, 0.1) is 11.7 Å². The topological polar surface area (TPSA) is 52.6 Å². The minimum absolute atomic E-state index is 0.00926. The molecule has 0 aromatic heterocycles. The Bertz CT molecular complexity index is 464. The molecule has 0 saturated heterocycles. The largest absolute Gasteiger partial charge is 0.490 e. The number of fused-ring (bicyclic) bond motifs is 1. The molecule has 1 unspecified atom stereocenters. The van der Waals surface area contributed by atoms with Gasteiger partial charge in [-0.25, -0.2) is 9.59 Å². The number of hydrogen-bond acceptors (Lipinski definition) is 4. The third-order valence-corrected chi connectivity index (χ3v) is 2.66. The van der Waals surface area contributed by atoms with Gasteiger partial charge in [0.2, 0.25) is 0 Å². The van der Waals surface area contributed by atoms with Crippen molar-refractivity contribution in [2.75, 3.05) is 0 Å². The molecule has 0 bridgehead atoms. The van der Waals surface area contributed by atoms with Gasteiger partial charge in [0, 0.05) is 0 Å². The lowest BCUT2D eigenvalue weighted by atomic mass is 10.1. The molecule has 0 radical (unpaired) electrons. The highest BCUT2D eigenvalue weighted by Gasteiger charge is 2.33. The highest BCUT2D eigenvalue weighted by Crippen LogP contribution is 2.30. The molecule has 1 heterocycles. The van der Waals surface area contributed by atoms with Crippen LogP contribution in [0.15, 0.2) is 18.2 Å². The van der Waals surface area contributed by atoms with Crippen molar-refractivity contribution in [2.24, 2.45) is 0 Å². The minimum atomic E-state index is -0.621. The minimum Gasteiger partial charge on any atom is -0.490 e. The van der Waals surface area contributed by atoms with Gasteiger partial charge in [-0.05, 0) is 25.5 Å². The summed E-state index contributed by atoms with van der Waals surface area (Å²) in [5, 5.41) is 0. The Kier molecular flexibility index (Phi) is 3.13. The molecular formula is C13H14O4. The van der Waals surface area contributed by atoms with Crippen molar-refractivity contribution in [1.29, 1.82) is 0 Å². The van der Waals surface area contributed by atoms with Crippen LogP contribution in [-0.4, -0.2) is 18.0 Å². The van der Waals surface area contributed by atoms with E-state index < -0.39 is 11.9 Å². The Morgan fingerprint density at radius 3 is 2.76 bits per heavy atom. The zero-order chi connectivity index (χ0) is 12.4. The number of ether oxygens (including phenoxy) is 2. The first kappa shape index (κ1) is 11.6. The number of hydrogen-bond donors (Lipinski definition) is 0. The second-order valence-corrected chi connectivity index (χ2v) is 4.07. The Labute approximate surface area is 99.5 Å². The van der Waals surface area contributed by atoms with Crippen molar-refractivity contribution in [3.8, 4) is 5.75 Å². The summed E-state index contributed by atoms with van der Waals surface area (Å²) in [7, 11) is 0. The van der Waals surface area contributed by atoms with E-state index in [1.54, 1.807) is 18.2 Å². The van der Waals surface area contributed by atoms with Crippen LogP contribution in [0.25, 0.3) is 0 Å². The number of carbonyl (C=O) groups excluding carboxylic acids is 2. The van der Waals surface area contributed by atoms with Crippen LogP contribution in [0.5, 0.6) is 5.75 Å². The highest BCUT2D eigenvalue weighted by molar-refractivity contribution is 6.16. The molecule has 0 amide bonds. The van der Waals surface area contributed by atoms with E-state index in [0.29, 0.717) is 5.75 Å². The average Bonchev–Trinajstić information content (AvgIpc) is 2.56. The van der Waals surface area contributed by atoms with Crippen molar-refractivity contribution in [3.05, 3.63) is 29.3 Å². The summed E-state index contributed by atoms with van der Waals surface area (Å²) in [5.41, 5.74) is 0.539. The maximum atomic E-state index is 11.5. The van der Waals surface area contributed by atoms with Crippen LogP contribution in [-0.2, 0) is 4.74 Å². The molecule has 1 atom stereocenters. The molecule has 1 aromatic rings. The van der Waals surface area contributed by atoms with Gasteiger partial charge in [0.1, 0.15) is 11.3 Å². The standard InChI is InChI=1S/C13H14O4/c1-3-5-8(2)16-10-7-4-6-9-11(10)13(15)17-12(9)14/h4,6-8H,3,5H2,1-2H3. The predicted molar refractivity (Wildman–Crippen MR) is 61.2 cm³/mol. The zero-order valence-electron chi connectivity index (χ0n) is 9.86. The van der Waals surface area contributed by atoms with E-state index in [1.807, 2.05) is 6.92 Å². The lowest BCUT2D eigenvalue weighted by molar-refractivity contribution is 0.0442. The molecule has 0 N–H and O–H groups in total. The number of rotatable bonds is 4. The molecule has 4 nitrogen and oxygen atoms in total. The SMILES string of the molecule is CCCC(C)Oc1cccc2c1C(=O)OC2=O. The van der Waals surface area contributed by atoms with Gasteiger partial charge in [-0.3, -0.25) is 0 Å². The maximum absolute atomic E-state index is 11.5. The molecular weight excluding hydrogens is 220 g/mol. The van der Waals surface area contributed by atoms with Crippen molar-refractivity contribution in [1.82, 2.24) is 0 Å². The number of benzene rings is 1. The van der Waals surface area contributed by atoms with Gasteiger partial charge < -0.3 is 9.47 Å². The van der Waals surface area contributed by atoms with Crippen molar-refractivity contribution >= 4 is 11.9 Å². The Morgan fingerprint density at radius 2 is 2.06 bits per heavy atom. The van der Waals surface area contributed by atoms with Gasteiger partial charge in [-0.15, -0.1) is 0 Å². The summed E-state index contributed by atoms with van der Waals surface area (Å²) in [5.74, 6) is -0.790. The van der Waals surface area contributed by atoms with Crippen molar-refractivity contribution in [3.63, 3.8) is 0 Å². The van der Waals surface area contributed by atoms with E-state index in [4.69, 9.17) is 4.74 Å². The fourth-order valence-electron chi connectivity index (χ4n) is 1.88. The summed E-state index contributed by atoms with van der Waals surface area (Å²) >= 11 is 0. The smallest absolute Gasteiger partial charge is 0.350 e. The summed E-state index contributed by atoms with van der Waals surface area (Å²) in [6.07, 6.45) is 1.90. The summed E-state index contributed by atoms with van der Waals surface area (Å²) in [6, 6.07) is 4.94. The average molecular weight is 234 g/mol. The maximum Gasteiger partial charge on any atom is 0.350 e. The number of cyclic esters (lactones) is 2. The van der Waals surface area contributed by atoms with Gasteiger partial charge in [0.25, 0.3) is 0 Å². The summed E-state index contributed by atoms with van der Waals surface area (Å²) in [4.78, 5) is 22.9. The van der Waals surface area contributed by atoms with Crippen LogP contribution in [0.3, 0.4) is 0 Å². The van der Waals surface area contributed by atoms with E-state index in [1.165, 1.54) is 0 Å². The second-order valence-electron chi connectivity index (χ2n) is 4.07. The lowest BCUT2D eigenvalue weighted by Gasteiger charge is -2.14. The third kappa shape index (κ3) is 2.16. The molecule has 90 valence electrons. The van der Waals surface area contributed by atoms with Crippen LogP contribution in [0, 0.1) is 0 Å². The molecule has 0 fully saturated rings. The Balaban J connectivity index is 2.31. The van der Waals surface area contributed by atoms with E-state index in [0.717, 1.165) is 12.8 Å². The molecule has 1 aliphatic rings. The molecule has 4 heteroatoms. The normalized spacial score (nSPS) is 15.4. The van der Waals surface area contributed by atoms with E-state index in [9.17, 15) is 9.59 Å². The Hall–Kier alpha value is -1.84. The van der Waals surface area contributed by atoms with Gasteiger partial charge in [-0.1, -0.05) is 19.4 Å². The molecule has 1 aromatic carbocycles. The fraction of sp³-hybridized carbons (Fsp3) is 0.385. The first-order valence-electron chi connectivity index (χ1n) is 5.69. The lowest BCUT2D eigenvalue weighted by Crippen LogP contribution is -2.13. The van der Waals surface area contributed by atoms with E-state index in [2.05, 4.69) is 11.7 Å². The quantitative estimate of drug-likeness (QED) is 0.593. The predicted octanol–water partition coefficient (Wildman–Crippen LogP) is 2.56. The van der Waals surface area contributed by atoms with Crippen LogP contribution >= 0.6 is 0 Å². The second kappa shape index (κ2) is 4.57. The van der Waals surface area contributed by atoms with E-state index in [-0.39, 0.29) is 17.2 Å². The molecule has 1 aliphatic heterocycles. The zero-order valence-corrected chi connectivity index (χ0v) is 9.86. The van der Waals surface area contributed by atoms with Crippen molar-refractivity contribution < 1.29 is 19.1 Å². The molecule has 0 saturated carbocycles. The monoisotopic (exact) mass is 234 g/mol. The fourth-order valence-corrected chi connectivity index (χ4v) is 1.88. The van der Waals surface area contributed by atoms with Gasteiger partial charge >= 0.3 is 11.9 Å².